The van der Waals surface area contributed by atoms with Gasteiger partial charge in [0.15, 0.2) is 0 Å². The van der Waals surface area contributed by atoms with Crippen LogP contribution in [0.3, 0.4) is 0 Å². The summed E-state index contributed by atoms with van der Waals surface area (Å²) in [6.45, 7) is 5.50. The van der Waals surface area contributed by atoms with Crippen LogP contribution >= 0.6 is 0 Å². The fraction of sp³-hybridized carbons (Fsp3) is 0.571. The summed E-state index contributed by atoms with van der Waals surface area (Å²) in [4.78, 5) is 2.55. The van der Waals surface area contributed by atoms with Crippen molar-refractivity contribution in [1.29, 1.82) is 0 Å². The highest BCUT2D eigenvalue weighted by Gasteiger charge is 2.18. The van der Waals surface area contributed by atoms with E-state index in [9.17, 15) is 0 Å². The van der Waals surface area contributed by atoms with Crippen LogP contribution in [-0.2, 0) is 0 Å². The van der Waals surface area contributed by atoms with E-state index in [1.807, 2.05) is 24.3 Å². The topological polar surface area (TPSA) is 38.5 Å². The Labute approximate surface area is 104 Å². The second kappa shape index (κ2) is 5.92. The molecule has 0 spiro atoms. The van der Waals surface area contributed by atoms with Gasteiger partial charge in [-0.2, -0.15) is 0 Å². The summed E-state index contributed by atoms with van der Waals surface area (Å²) in [5.74, 6) is 0.911. The number of nitrogens with zero attached hydrogens (tertiary/aromatic N) is 1. The number of nitrogens with two attached hydrogens (primary N) is 1. The average Bonchev–Trinajstić information content (AvgIpc) is 2.73. The van der Waals surface area contributed by atoms with Gasteiger partial charge in [0.05, 0.1) is 6.61 Å². The van der Waals surface area contributed by atoms with Gasteiger partial charge in [-0.15, -0.1) is 0 Å². The number of anilines is 1. The monoisotopic (exact) mass is 234 g/mol. The van der Waals surface area contributed by atoms with E-state index < -0.39 is 0 Å². The number of rotatable bonds is 5. The Hall–Kier alpha value is -1.22. The van der Waals surface area contributed by atoms with Crippen molar-refractivity contribution >= 4 is 5.69 Å². The quantitative estimate of drug-likeness (QED) is 0.628. The lowest BCUT2D eigenvalue weighted by atomic mass is 10.2. The third kappa shape index (κ3) is 3.63. The van der Waals surface area contributed by atoms with E-state index in [4.69, 9.17) is 10.5 Å². The largest absolute Gasteiger partial charge is 0.494 e. The molecule has 17 heavy (non-hydrogen) atoms. The number of benzene rings is 1. The number of hydrogen-bond acceptors (Lipinski definition) is 3. The summed E-state index contributed by atoms with van der Waals surface area (Å²) in [6.07, 6.45) is 3.79. The van der Waals surface area contributed by atoms with Crippen LogP contribution in [-0.4, -0.2) is 30.6 Å². The molecule has 94 valence electrons. The van der Waals surface area contributed by atoms with Gasteiger partial charge in [-0.3, -0.25) is 0 Å². The third-order valence-corrected chi connectivity index (χ3v) is 3.43. The van der Waals surface area contributed by atoms with Crippen LogP contribution in [0.25, 0.3) is 0 Å². The van der Waals surface area contributed by atoms with Crippen LogP contribution in [0.1, 0.15) is 26.2 Å². The SMILES string of the molecule is C[C@@H]1CCCN1CCCOc1ccc(N)cc1. The van der Waals surface area contributed by atoms with Gasteiger partial charge in [0.2, 0.25) is 0 Å². The van der Waals surface area contributed by atoms with Gasteiger partial charge in [0.25, 0.3) is 0 Å². The molecule has 1 heterocycles. The zero-order chi connectivity index (χ0) is 12.1. The molecular formula is C14H22N2O. The second-order valence-electron chi connectivity index (χ2n) is 4.80. The van der Waals surface area contributed by atoms with Crippen molar-refractivity contribution in [2.24, 2.45) is 0 Å². The average molecular weight is 234 g/mol. The molecular weight excluding hydrogens is 212 g/mol. The molecule has 1 aliphatic rings. The zero-order valence-electron chi connectivity index (χ0n) is 10.6. The highest BCUT2D eigenvalue weighted by Crippen LogP contribution is 2.17. The molecule has 0 aliphatic carbocycles. The summed E-state index contributed by atoms with van der Waals surface area (Å²) < 4.78 is 5.67. The molecule has 0 unspecified atom stereocenters. The van der Waals surface area contributed by atoms with Gasteiger partial charge < -0.3 is 15.4 Å². The fourth-order valence-electron chi connectivity index (χ4n) is 2.35. The Morgan fingerprint density at radius 1 is 1.35 bits per heavy atom. The first kappa shape index (κ1) is 12.2. The first-order valence-corrected chi connectivity index (χ1v) is 6.48. The lowest BCUT2D eigenvalue weighted by Gasteiger charge is -2.20. The molecule has 3 nitrogen and oxygen atoms in total. The molecule has 0 radical (unpaired) electrons. The maximum Gasteiger partial charge on any atom is 0.119 e. The van der Waals surface area contributed by atoms with E-state index in [2.05, 4.69) is 11.8 Å². The minimum Gasteiger partial charge on any atom is -0.494 e. The summed E-state index contributed by atoms with van der Waals surface area (Å²) in [5.41, 5.74) is 6.40. The van der Waals surface area contributed by atoms with Crippen molar-refractivity contribution in [3.8, 4) is 5.75 Å². The first-order chi connectivity index (χ1) is 8.25. The van der Waals surface area contributed by atoms with Gasteiger partial charge in [0, 0.05) is 18.3 Å². The van der Waals surface area contributed by atoms with Crippen molar-refractivity contribution < 1.29 is 4.74 Å². The molecule has 0 bridgehead atoms. The number of nitrogen functional groups attached to an aromatic ring is 1. The predicted octanol–water partition coefficient (Wildman–Crippen LogP) is 2.52. The van der Waals surface area contributed by atoms with Gasteiger partial charge >= 0.3 is 0 Å². The van der Waals surface area contributed by atoms with E-state index >= 15 is 0 Å². The standard InChI is InChI=1S/C14H22N2O/c1-12-4-2-9-16(12)10-3-11-17-14-7-5-13(15)6-8-14/h5-8,12H,2-4,9-11,15H2,1H3/t12-/m1/s1. The predicted molar refractivity (Wildman–Crippen MR) is 71.2 cm³/mol. The molecule has 3 heteroatoms. The normalized spacial score (nSPS) is 20.6. The minimum atomic E-state index is 0.756. The number of likely N-dealkylation sites (tertiary alicyclic amines) is 1. The molecule has 2 rings (SSSR count). The van der Waals surface area contributed by atoms with Gasteiger partial charge in [-0.05, 0) is 57.0 Å². The summed E-state index contributed by atoms with van der Waals surface area (Å²) in [5, 5.41) is 0. The fourth-order valence-corrected chi connectivity index (χ4v) is 2.35. The highest BCUT2D eigenvalue weighted by atomic mass is 16.5. The summed E-state index contributed by atoms with van der Waals surface area (Å²) >= 11 is 0. The number of hydrogen-bond donors (Lipinski definition) is 1. The Kier molecular flexibility index (Phi) is 4.26. The third-order valence-electron chi connectivity index (χ3n) is 3.43. The minimum absolute atomic E-state index is 0.756. The summed E-state index contributed by atoms with van der Waals surface area (Å²) in [7, 11) is 0. The van der Waals surface area contributed by atoms with E-state index in [0.29, 0.717) is 0 Å². The summed E-state index contributed by atoms with van der Waals surface area (Å²) in [6, 6.07) is 8.35. The van der Waals surface area contributed by atoms with Crippen molar-refractivity contribution in [1.82, 2.24) is 4.90 Å². The Bertz CT molecular complexity index is 337. The zero-order valence-corrected chi connectivity index (χ0v) is 10.6. The molecule has 1 fully saturated rings. The second-order valence-corrected chi connectivity index (χ2v) is 4.80. The maximum absolute atomic E-state index is 5.67. The molecule has 0 saturated carbocycles. The van der Waals surface area contributed by atoms with Crippen molar-refractivity contribution in [2.75, 3.05) is 25.4 Å². The Morgan fingerprint density at radius 3 is 2.76 bits per heavy atom. The molecule has 2 N–H and O–H groups in total. The molecule has 1 aromatic carbocycles. The molecule has 1 saturated heterocycles. The molecule has 1 aliphatic heterocycles. The Morgan fingerprint density at radius 2 is 2.12 bits per heavy atom. The smallest absolute Gasteiger partial charge is 0.119 e. The molecule has 0 aromatic heterocycles. The molecule has 1 atom stereocenters. The van der Waals surface area contributed by atoms with Crippen molar-refractivity contribution in [3.05, 3.63) is 24.3 Å². The van der Waals surface area contributed by atoms with Gasteiger partial charge in [-0.25, -0.2) is 0 Å². The van der Waals surface area contributed by atoms with Crippen LogP contribution < -0.4 is 10.5 Å². The Balaban J connectivity index is 1.64. The van der Waals surface area contributed by atoms with E-state index in [1.165, 1.54) is 19.4 Å². The molecule has 1 aromatic rings. The highest BCUT2D eigenvalue weighted by molar-refractivity contribution is 5.41. The van der Waals surface area contributed by atoms with Crippen LogP contribution in [0.4, 0.5) is 5.69 Å². The lowest BCUT2D eigenvalue weighted by molar-refractivity contribution is 0.230. The van der Waals surface area contributed by atoms with Gasteiger partial charge in [-0.1, -0.05) is 0 Å². The number of ether oxygens (including phenoxy) is 1. The van der Waals surface area contributed by atoms with E-state index in [-0.39, 0.29) is 0 Å². The van der Waals surface area contributed by atoms with Crippen molar-refractivity contribution in [2.45, 2.75) is 32.2 Å². The first-order valence-electron chi connectivity index (χ1n) is 6.48. The van der Waals surface area contributed by atoms with E-state index in [0.717, 1.165) is 37.1 Å². The molecule has 0 amide bonds. The van der Waals surface area contributed by atoms with Crippen LogP contribution in [0, 0.1) is 0 Å². The maximum atomic E-state index is 5.67. The van der Waals surface area contributed by atoms with Crippen molar-refractivity contribution in [3.63, 3.8) is 0 Å². The van der Waals surface area contributed by atoms with Crippen LogP contribution in [0.15, 0.2) is 24.3 Å². The van der Waals surface area contributed by atoms with Crippen LogP contribution in [0.5, 0.6) is 5.75 Å². The lowest BCUT2D eigenvalue weighted by Crippen LogP contribution is -2.28. The van der Waals surface area contributed by atoms with E-state index in [1.54, 1.807) is 0 Å². The van der Waals surface area contributed by atoms with Gasteiger partial charge in [0.1, 0.15) is 5.75 Å². The van der Waals surface area contributed by atoms with Crippen LogP contribution in [0.2, 0.25) is 0 Å².